The summed E-state index contributed by atoms with van der Waals surface area (Å²) in [5.41, 5.74) is 7.46. The molecule has 6 heterocycles. The van der Waals surface area contributed by atoms with E-state index in [0.29, 0.717) is 110 Å². The van der Waals surface area contributed by atoms with Crippen LogP contribution in [0, 0.1) is 17.8 Å². The number of amides is 9. The maximum absolute atomic E-state index is 14.2. The van der Waals surface area contributed by atoms with E-state index < -0.39 is 54.2 Å². The van der Waals surface area contributed by atoms with Crippen LogP contribution < -0.4 is 37.2 Å². The van der Waals surface area contributed by atoms with Crippen molar-refractivity contribution in [3.8, 4) is 22.3 Å². The molecular weight excluding hydrogens is 1330 g/mol. The Morgan fingerprint density at radius 3 is 1.85 bits per heavy atom. The fourth-order valence-electron chi connectivity index (χ4n) is 13.7. The quantitative estimate of drug-likeness (QED) is 0.0235. The van der Waals surface area contributed by atoms with Gasteiger partial charge in [-0.15, -0.1) is 0 Å². The molecule has 5 aromatic carbocycles. The van der Waals surface area contributed by atoms with Gasteiger partial charge < -0.3 is 56.1 Å². The Kier molecular flexibility index (Phi) is 24.5. The number of carbonyl (C=O) groups is 9. The standard InChI is InChI=1S/C80H90N14O11/c1-48(2)71(89-79(102)104-7)51(6)92-35-13-21-64(92)74(98)85-62-30-26-55-41-57(24-25-58(55)43-62)61-45-83-78(84-46-61)91-76(100)66-23-15-37-94(66)77(101)72(49(3)4)90-80(103)105-47-54-20-11-19-53(38-54)39-69(95)81-34-12-16-50(5)73(97)88-68-33-28-59-42-56(27-31-63(59)86-68)60-29-32-67(82-44-60)87-75(99)65-22-14-36-93(65)70(96)40-52-17-9-8-10-18-52/h8-11,17-20,24-33,38,41-46,48-50,64-66,71-72H,6,12-16,21-23,34-37,39-40,47H2,1-5,7H3,(H,81,95)(H,85,98)(H,89,102)(H,90,103)(H,82,87,99)(H,86,88,97)(H,83,84,91,100)/t50-,64-,65-,66-,71-,72-/m0/s1. The molecule has 0 saturated carbocycles. The highest BCUT2D eigenvalue weighted by molar-refractivity contribution is 6.01. The van der Waals surface area contributed by atoms with E-state index in [1.807, 2.05) is 123 Å². The number of hydrogen-bond acceptors (Lipinski definition) is 16. The van der Waals surface area contributed by atoms with Gasteiger partial charge in [-0.1, -0.05) is 120 Å². The third-order valence-corrected chi connectivity index (χ3v) is 19.5. The molecule has 3 aromatic heterocycles. The van der Waals surface area contributed by atoms with E-state index in [4.69, 9.17) is 9.47 Å². The number of aromatic nitrogens is 4. The number of fused-ring (bicyclic) bond motifs is 2. The van der Waals surface area contributed by atoms with E-state index in [0.717, 1.165) is 51.3 Å². The lowest BCUT2D eigenvalue weighted by atomic mass is 10.00. The number of nitrogens with one attached hydrogen (secondary N) is 7. The zero-order valence-electron chi connectivity index (χ0n) is 60.0. The third-order valence-electron chi connectivity index (χ3n) is 19.5. The fourth-order valence-corrected chi connectivity index (χ4v) is 13.7. The Labute approximate surface area is 610 Å². The summed E-state index contributed by atoms with van der Waals surface area (Å²) in [7, 11) is 1.31. The number of alkyl carbamates (subject to hydrolysis) is 2. The van der Waals surface area contributed by atoms with Crippen molar-refractivity contribution in [2.45, 2.75) is 136 Å². The van der Waals surface area contributed by atoms with Crippen molar-refractivity contribution < 1.29 is 52.6 Å². The average molecular weight is 1420 g/mol. The molecule has 3 aliphatic heterocycles. The topological polar surface area (TPSA) is 318 Å². The lowest BCUT2D eigenvalue weighted by Crippen LogP contribution is -2.54. The maximum Gasteiger partial charge on any atom is 0.408 e. The molecular formula is C80H90N14O11. The molecule has 7 N–H and O–H groups in total. The number of likely N-dealkylation sites (tertiary alicyclic amines) is 3. The molecule has 546 valence electrons. The molecule has 3 fully saturated rings. The molecule has 3 aliphatic rings. The predicted molar refractivity (Wildman–Crippen MR) is 401 cm³/mol. The number of anilines is 4. The normalized spacial score (nSPS) is 16.5. The summed E-state index contributed by atoms with van der Waals surface area (Å²) in [6.45, 7) is 15.3. The minimum absolute atomic E-state index is 0.0201. The first kappa shape index (κ1) is 74.6. The number of rotatable bonds is 27. The van der Waals surface area contributed by atoms with E-state index in [1.54, 1.807) is 73.7 Å². The van der Waals surface area contributed by atoms with Gasteiger partial charge in [-0.2, -0.15) is 0 Å². The molecule has 8 aromatic rings. The van der Waals surface area contributed by atoms with Crippen LogP contribution in [0.5, 0.6) is 0 Å². The number of nitrogens with zero attached hydrogens (tertiary/aromatic N) is 7. The van der Waals surface area contributed by atoms with Crippen LogP contribution in [-0.2, 0) is 62.5 Å². The molecule has 25 nitrogen and oxygen atoms in total. The predicted octanol–water partition coefficient (Wildman–Crippen LogP) is 11.0. The molecule has 9 amide bonds. The largest absolute Gasteiger partial charge is 0.453 e. The van der Waals surface area contributed by atoms with Crippen LogP contribution >= 0.6 is 0 Å². The minimum Gasteiger partial charge on any atom is -0.453 e. The van der Waals surface area contributed by atoms with Gasteiger partial charge in [0.15, 0.2) is 0 Å². The lowest BCUT2D eigenvalue weighted by Gasteiger charge is -2.34. The van der Waals surface area contributed by atoms with Crippen molar-refractivity contribution in [3.63, 3.8) is 0 Å². The van der Waals surface area contributed by atoms with Crippen molar-refractivity contribution in [2.75, 3.05) is 54.6 Å². The number of carbonyl (C=O) groups excluding carboxylic acids is 9. The van der Waals surface area contributed by atoms with Crippen molar-refractivity contribution in [2.24, 2.45) is 17.8 Å². The monoisotopic (exact) mass is 1420 g/mol. The Morgan fingerprint density at radius 2 is 1.12 bits per heavy atom. The van der Waals surface area contributed by atoms with Crippen LogP contribution in [0.4, 0.5) is 32.9 Å². The van der Waals surface area contributed by atoms with Gasteiger partial charge in [0.05, 0.1) is 31.5 Å². The Balaban J connectivity index is 0.581. The summed E-state index contributed by atoms with van der Waals surface area (Å²) < 4.78 is 10.4. The zero-order chi connectivity index (χ0) is 74.3. The van der Waals surface area contributed by atoms with Gasteiger partial charge in [-0.3, -0.25) is 38.9 Å². The van der Waals surface area contributed by atoms with Crippen molar-refractivity contribution in [3.05, 3.63) is 181 Å². The third kappa shape index (κ3) is 19.2. The van der Waals surface area contributed by atoms with E-state index >= 15 is 0 Å². The first-order chi connectivity index (χ1) is 50.6. The highest BCUT2D eigenvalue weighted by atomic mass is 16.5. The van der Waals surface area contributed by atoms with Gasteiger partial charge in [-0.05, 0) is 156 Å². The van der Waals surface area contributed by atoms with Crippen LogP contribution in [0.15, 0.2) is 164 Å². The van der Waals surface area contributed by atoms with Gasteiger partial charge in [0.25, 0.3) is 0 Å². The van der Waals surface area contributed by atoms with Crippen LogP contribution in [0.3, 0.4) is 0 Å². The Hall–Kier alpha value is -11.6. The second-order valence-corrected chi connectivity index (χ2v) is 27.7. The zero-order valence-corrected chi connectivity index (χ0v) is 60.0. The smallest absolute Gasteiger partial charge is 0.408 e. The molecule has 6 atom stereocenters. The number of benzene rings is 5. The highest BCUT2D eigenvalue weighted by Crippen LogP contribution is 2.32. The summed E-state index contributed by atoms with van der Waals surface area (Å²) in [5, 5.41) is 22.8. The van der Waals surface area contributed by atoms with Crippen molar-refractivity contribution >= 4 is 98.5 Å². The highest BCUT2D eigenvalue weighted by Gasteiger charge is 2.40. The molecule has 0 bridgehead atoms. The summed E-state index contributed by atoms with van der Waals surface area (Å²) in [4.78, 5) is 143. The summed E-state index contributed by atoms with van der Waals surface area (Å²) >= 11 is 0. The minimum atomic E-state index is -1.00. The molecule has 0 spiro atoms. The van der Waals surface area contributed by atoms with Crippen LogP contribution in [0.25, 0.3) is 43.9 Å². The first-order valence-electron chi connectivity index (χ1n) is 35.8. The molecule has 11 rings (SSSR count). The summed E-state index contributed by atoms with van der Waals surface area (Å²) in [6, 6.07) is 37.9. The molecule has 0 aliphatic carbocycles. The SMILES string of the molecule is C=C([C@@H](NC(=O)OC)C(C)C)N1CCC[C@H]1C(=O)Nc1ccc2cc(-c3cnc(NC(=O)[C@@H]4CCCN4C(=O)[C@@H](NC(=O)OCc4cccc(CC(=O)NCCC[C@H](C)C(=O)Nc5ccc6cc(-c7ccc(NC(=O)[C@@H]8CCCN8C(=O)Cc8ccccc8)nc7)ccc6n5)c4)C(C)C)nc3)ccc2c1. The molecule has 0 unspecified atom stereocenters. The Morgan fingerprint density at radius 1 is 0.533 bits per heavy atom. The number of ether oxygens (including phenoxy) is 2. The number of methoxy groups -OCH3 is 1. The average Bonchev–Trinajstić information content (AvgIpc) is 0.923. The number of hydrogen-bond donors (Lipinski definition) is 7. The second-order valence-electron chi connectivity index (χ2n) is 27.7. The van der Waals surface area contributed by atoms with E-state index in [-0.39, 0.29) is 72.7 Å². The first-order valence-corrected chi connectivity index (χ1v) is 35.8. The van der Waals surface area contributed by atoms with Gasteiger partial charge >= 0.3 is 12.2 Å². The van der Waals surface area contributed by atoms with Crippen molar-refractivity contribution in [1.29, 1.82) is 0 Å². The summed E-state index contributed by atoms with van der Waals surface area (Å²) in [6.07, 6.45) is 8.65. The van der Waals surface area contributed by atoms with Gasteiger partial charge in [0.2, 0.25) is 47.3 Å². The van der Waals surface area contributed by atoms with Gasteiger partial charge in [-0.25, -0.2) is 29.5 Å². The van der Waals surface area contributed by atoms with Crippen LogP contribution in [0.1, 0.15) is 103 Å². The van der Waals surface area contributed by atoms with Crippen LogP contribution in [-0.4, -0.2) is 152 Å². The molecule has 3 saturated heterocycles. The fraction of sp³-hybridized carbons (Fsp3) is 0.362. The van der Waals surface area contributed by atoms with E-state index in [2.05, 4.69) is 63.7 Å². The van der Waals surface area contributed by atoms with E-state index in [9.17, 15) is 43.2 Å². The Bertz CT molecular complexity index is 4520. The molecule has 0 radical (unpaired) electrons. The van der Waals surface area contributed by atoms with Crippen LogP contribution in [0.2, 0.25) is 0 Å². The number of pyridine rings is 2. The molecule has 25 heteroatoms. The van der Waals surface area contributed by atoms with E-state index in [1.165, 1.54) is 12.0 Å². The second kappa shape index (κ2) is 34.6. The maximum atomic E-state index is 14.2. The molecule has 105 heavy (non-hydrogen) atoms. The van der Waals surface area contributed by atoms with Crippen molar-refractivity contribution in [1.82, 2.24) is 50.6 Å². The van der Waals surface area contributed by atoms with Gasteiger partial charge in [0.1, 0.15) is 42.4 Å². The lowest BCUT2D eigenvalue weighted by molar-refractivity contribution is -0.139. The van der Waals surface area contributed by atoms with Gasteiger partial charge in [0, 0.05) is 78.6 Å². The summed E-state index contributed by atoms with van der Waals surface area (Å²) in [5.74, 6) is -1.65.